The Morgan fingerprint density at radius 1 is 0.419 bits per heavy atom. The van der Waals surface area contributed by atoms with Gasteiger partial charge in [0.05, 0.1) is 11.1 Å². The molecule has 0 fully saturated rings. The molecule has 7 aromatic rings. The number of benzene rings is 7. The number of aryl methyl sites for hydroxylation is 1. The second-order valence-corrected chi connectivity index (χ2v) is 11.8. The Balaban J connectivity index is 1.34. The van der Waals surface area contributed by atoms with E-state index in [4.69, 9.17) is 0 Å². The molecule has 1 nitrogen and oxygen atoms in total. The predicted octanol–water partition coefficient (Wildman–Crippen LogP) is 11.0. The minimum Gasteiger partial charge on any atom is -0.310 e. The van der Waals surface area contributed by atoms with Gasteiger partial charge in [0.1, 0.15) is 0 Å². The van der Waals surface area contributed by atoms with Crippen LogP contribution in [0.15, 0.2) is 158 Å². The zero-order valence-electron chi connectivity index (χ0n) is 24.0. The molecule has 0 radical (unpaired) electrons. The van der Waals surface area contributed by atoms with Crippen molar-refractivity contribution in [3.63, 3.8) is 0 Å². The lowest BCUT2D eigenvalue weighted by Crippen LogP contribution is -2.25. The van der Waals surface area contributed by atoms with Crippen molar-refractivity contribution in [1.82, 2.24) is 0 Å². The second-order valence-electron chi connectivity index (χ2n) is 11.8. The third-order valence-electron chi connectivity index (χ3n) is 9.54. The smallest absolute Gasteiger partial charge is 0.0725 e. The zero-order valence-corrected chi connectivity index (χ0v) is 24.0. The molecule has 0 aromatic heterocycles. The first-order valence-electron chi connectivity index (χ1n) is 15.0. The summed E-state index contributed by atoms with van der Waals surface area (Å²) in [4.78, 5) is 2.42. The van der Waals surface area contributed by atoms with E-state index in [1.807, 2.05) is 0 Å². The molecule has 0 heterocycles. The molecule has 0 N–H and O–H groups in total. The van der Waals surface area contributed by atoms with Crippen molar-refractivity contribution in [2.75, 3.05) is 4.90 Å². The summed E-state index contributed by atoms with van der Waals surface area (Å²) in [5.41, 5.74) is 15.2. The van der Waals surface area contributed by atoms with Crippen LogP contribution in [-0.4, -0.2) is 0 Å². The number of nitrogens with zero attached hydrogens (tertiary/aromatic N) is 1. The highest BCUT2D eigenvalue weighted by Crippen LogP contribution is 2.63. The molecule has 0 aliphatic heterocycles. The molecule has 0 saturated heterocycles. The van der Waals surface area contributed by atoms with Gasteiger partial charge in [-0.3, -0.25) is 0 Å². The normalized spacial score (nSPS) is 13.4. The Kier molecular flexibility index (Phi) is 5.10. The van der Waals surface area contributed by atoms with Crippen LogP contribution in [0.25, 0.3) is 33.0 Å². The van der Waals surface area contributed by atoms with Gasteiger partial charge in [-0.05, 0) is 87.1 Å². The van der Waals surface area contributed by atoms with Crippen LogP contribution in [0.1, 0.15) is 27.8 Å². The van der Waals surface area contributed by atoms with Gasteiger partial charge in [0.15, 0.2) is 0 Å². The average Bonchev–Trinajstić information content (AvgIpc) is 3.53. The monoisotopic (exact) mass is 547 g/mol. The average molecular weight is 548 g/mol. The summed E-state index contributed by atoms with van der Waals surface area (Å²) in [6, 6.07) is 58.4. The first-order valence-corrected chi connectivity index (χ1v) is 15.0. The molecule has 0 atom stereocenters. The van der Waals surface area contributed by atoms with E-state index in [-0.39, 0.29) is 5.41 Å². The molecule has 2 aliphatic carbocycles. The van der Waals surface area contributed by atoms with Gasteiger partial charge in [-0.15, -0.1) is 0 Å². The molecule has 0 amide bonds. The second kappa shape index (κ2) is 9.05. The Morgan fingerprint density at radius 2 is 0.930 bits per heavy atom. The molecule has 1 heteroatoms. The van der Waals surface area contributed by atoms with Crippen LogP contribution in [-0.2, 0) is 5.41 Å². The summed E-state index contributed by atoms with van der Waals surface area (Å²) >= 11 is 0. The molecule has 43 heavy (non-hydrogen) atoms. The van der Waals surface area contributed by atoms with Crippen molar-refractivity contribution < 1.29 is 0 Å². The first-order chi connectivity index (χ1) is 21.2. The standard InChI is InChI=1S/C42H29N/c1-28-21-23-30(24-22-28)43(41-20-10-12-29-11-2-3-13-32(29)41)31-25-26-40-36(27-31)35-16-6-9-19-39(35)42(40)37-17-7-4-14-33(37)34-15-5-8-18-38(34)42/h2-27H,1H3. The summed E-state index contributed by atoms with van der Waals surface area (Å²) in [6.45, 7) is 2.15. The topological polar surface area (TPSA) is 3.24 Å². The van der Waals surface area contributed by atoms with Crippen LogP contribution >= 0.6 is 0 Å². The highest BCUT2D eigenvalue weighted by atomic mass is 15.1. The Morgan fingerprint density at radius 3 is 1.60 bits per heavy atom. The summed E-state index contributed by atoms with van der Waals surface area (Å²) in [5, 5.41) is 2.48. The maximum atomic E-state index is 2.42. The van der Waals surface area contributed by atoms with Gasteiger partial charge in [-0.25, -0.2) is 0 Å². The maximum absolute atomic E-state index is 2.42. The quantitative estimate of drug-likeness (QED) is 0.213. The van der Waals surface area contributed by atoms with Gasteiger partial charge in [0.2, 0.25) is 0 Å². The van der Waals surface area contributed by atoms with Crippen LogP contribution in [0, 0.1) is 6.92 Å². The van der Waals surface area contributed by atoms with Crippen LogP contribution in [0.4, 0.5) is 17.1 Å². The Bertz CT molecular complexity index is 2150. The fourth-order valence-electron chi connectivity index (χ4n) is 7.75. The van der Waals surface area contributed by atoms with Crippen LogP contribution < -0.4 is 4.90 Å². The minimum atomic E-state index is -0.328. The maximum Gasteiger partial charge on any atom is 0.0725 e. The van der Waals surface area contributed by atoms with Gasteiger partial charge in [0, 0.05) is 16.8 Å². The molecule has 0 bridgehead atoms. The van der Waals surface area contributed by atoms with Crippen molar-refractivity contribution in [1.29, 1.82) is 0 Å². The fraction of sp³-hybridized carbons (Fsp3) is 0.0476. The summed E-state index contributed by atoms with van der Waals surface area (Å²) < 4.78 is 0. The molecule has 0 unspecified atom stereocenters. The fourth-order valence-corrected chi connectivity index (χ4v) is 7.75. The third-order valence-corrected chi connectivity index (χ3v) is 9.54. The summed E-state index contributed by atoms with van der Waals surface area (Å²) in [6.07, 6.45) is 0. The molecule has 2 aliphatic rings. The van der Waals surface area contributed by atoms with Crippen LogP contribution in [0.2, 0.25) is 0 Å². The number of rotatable bonds is 3. The molecule has 202 valence electrons. The van der Waals surface area contributed by atoms with Crippen molar-refractivity contribution in [2.45, 2.75) is 12.3 Å². The Labute approximate surface area is 252 Å². The van der Waals surface area contributed by atoms with Gasteiger partial charge >= 0.3 is 0 Å². The van der Waals surface area contributed by atoms with E-state index >= 15 is 0 Å². The SMILES string of the molecule is Cc1ccc(N(c2ccc3c(c2)-c2ccccc2C32c3ccccc3-c3ccccc32)c2cccc3ccccc23)cc1. The van der Waals surface area contributed by atoms with Crippen molar-refractivity contribution in [3.05, 3.63) is 186 Å². The lowest BCUT2D eigenvalue weighted by atomic mass is 9.70. The van der Waals surface area contributed by atoms with Gasteiger partial charge in [-0.1, -0.05) is 133 Å². The molecule has 7 aromatic carbocycles. The predicted molar refractivity (Wildman–Crippen MR) is 180 cm³/mol. The highest BCUT2D eigenvalue weighted by Gasteiger charge is 2.51. The number of anilines is 3. The number of hydrogen-bond acceptors (Lipinski definition) is 1. The van der Waals surface area contributed by atoms with Gasteiger partial charge in [0.25, 0.3) is 0 Å². The number of fused-ring (bicyclic) bond motifs is 11. The van der Waals surface area contributed by atoms with Gasteiger partial charge in [-0.2, -0.15) is 0 Å². The Hall–Kier alpha value is -5.40. The minimum absolute atomic E-state index is 0.328. The van der Waals surface area contributed by atoms with E-state index in [1.54, 1.807) is 0 Å². The lowest BCUT2D eigenvalue weighted by molar-refractivity contribution is 0.794. The van der Waals surface area contributed by atoms with E-state index in [2.05, 4.69) is 170 Å². The molecule has 9 rings (SSSR count). The zero-order chi connectivity index (χ0) is 28.5. The molecule has 1 spiro atoms. The molecule has 0 saturated carbocycles. The molecular weight excluding hydrogens is 518 g/mol. The van der Waals surface area contributed by atoms with E-state index in [0.29, 0.717) is 0 Å². The van der Waals surface area contributed by atoms with E-state index < -0.39 is 0 Å². The largest absolute Gasteiger partial charge is 0.310 e. The first kappa shape index (κ1) is 24.2. The lowest BCUT2D eigenvalue weighted by Gasteiger charge is -2.31. The van der Waals surface area contributed by atoms with Gasteiger partial charge < -0.3 is 4.90 Å². The van der Waals surface area contributed by atoms with E-state index in [0.717, 1.165) is 11.4 Å². The van der Waals surface area contributed by atoms with E-state index in [1.165, 1.54) is 66.5 Å². The van der Waals surface area contributed by atoms with E-state index in [9.17, 15) is 0 Å². The van der Waals surface area contributed by atoms with Crippen molar-refractivity contribution in [2.24, 2.45) is 0 Å². The number of hydrogen-bond donors (Lipinski definition) is 0. The summed E-state index contributed by atoms with van der Waals surface area (Å²) in [5.74, 6) is 0. The highest BCUT2D eigenvalue weighted by molar-refractivity contribution is 6.01. The molecular formula is C42H29N. The summed E-state index contributed by atoms with van der Waals surface area (Å²) in [7, 11) is 0. The third kappa shape index (κ3) is 3.28. The van der Waals surface area contributed by atoms with Crippen LogP contribution in [0.3, 0.4) is 0 Å². The van der Waals surface area contributed by atoms with Crippen LogP contribution in [0.5, 0.6) is 0 Å². The van der Waals surface area contributed by atoms with Crippen molar-refractivity contribution >= 4 is 27.8 Å². The van der Waals surface area contributed by atoms with Crippen molar-refractivity contribution in [3.8, 4) is 22.3 Å².